The van der Waals surface area contributed by atoms with Gasteiger partial charge in [0.15, 0.2) is 5.69 Å². The summed E-state index contributed by atoms with van der Waals surface area (Å²) in [6, 6.07) is 13.2. The molecule has 0 spiro atoms. The molecule has 0 radical (unpaired) electrons. The van der Waals surface area contributed by atoms with E-state index < -0.39 is 0 Å². The van der Waals surface area contributed by atoms with Crippen molar-refractivity contribution in [2.45, 2.75) is 19.3 Å². The maximum Gasteiger partial charge on any atom is 0.273 e. The van der Waals surface area contributed by atoms with Crippen molar-refractivity contribution >= 4 is 5.91 Å². The van der Waals surface area contributed by atoms with Crippen LogP contribution in [0.3, 0.4) is 0 Å². The van der Waals surface area contributed by atoms with Gasteiger partial charge >= 0.3 is 0 Å². The number of benzene rings is 1. The van der Waals surface area contributed by atoms with Crippen LogP contribution in [-0.2, 0) is 0 Å². The predicted molar refractivity (Wildman–Crippen MR) is 77.7 cm³/mol. The highest BCUT2D eigenvalue weighted by Gasteiger charge is 2.12. The summed E-state index contributed by atoms with van der Waals surface area (Å²) in [5.74, 6) is -0.0710. The Balaban J connectivity index is 1.84. The third kappa shape index (κ3) is 3.57. The van der Waals surface area contributed by atoms with Gasteiger partial charge in [-0.3, -0.25) is 4.79 Å². The van der Waals surface area contributed by atoms with Crippen molar-refractivity contribution in [2.75, 3.05) is 6.54 Å². The average molecular weight is 270 g/mol. The molecule has 20 heavy (non-hydrogen) atoms. The van der Waals surface area contributed by atoms with E-state index in [2.05, 4.69) is 29.4 Å². The molecular formula is C16H18N2O2. The summed E-state index contributed by atoms with van der Waals surface area (Å²) >= 11 is 0. The van der Waals surface area contributed by atoms with E-state index in [1.54, 1.807) is 6.07 Å². The van der Waals surface area contributed by atoms with Gasteiger partial charge in [0.25, 0.3) is 5.91 Å². The van der Waals surface area contributed by atoms with Gasteiger partial charge in [0.1, 0.15) is 5.75 Å². The minimum Gasteiger partial charge on any atom is -0.505 e. The molecule has 0 fully saturated rings. The third-order valence-electron chi connectivity index (χ3n) is 3.23. The molecule has 0 bridgehead atoms. The number of aromatic nitrogens is 1. The summed E-state index contributed by atoms with van der Waals surface area (Å²) in [4.78, 5) is 15.7. The molecule has 2 aromatic rings. The monoisotopic (exact) mass is 270 g/mol. The van der Waals surface area contributed by atoms with E-state index in [1.807, 2.05) is 18.2 Å². The Morgan fingerprint density at radius 2 is 2.00 bits per heavy atom. The van der Waals surface area contributed by atoms with Crippen molar-refractivity contribution in [1.29, 1.82) is 0 Å². The fraction of sp³-hybridized carbons (Fsp3) is 0.250. The Hall–Kier alpha value is -2.36. The molecule has 1 amide bonds. The van der Waals surface area contributed by atoms with Crippen molar-refractivity contribution in [3.8, 4) is 5.75 Å². The van der Waals surface area contributed by atoms with Crippen LogP contribution >= 0.6 is 0 Å². The second-order valence-corrected chi connectivity index (χ2v) is 4.73. The van der Waals surface area contributed by atoms with E-state index >= 15 is 0 Å². The first-order chi connectivity index (χ1) is 9.68. The van der Waals surface area contributed by atoms with Crippen molar-refractivity contribution in [1.82, 2.24) is 10.3 Å². The van der Waals surface area contributed by atoms with E-state index in [0.717, 1.165) is 6.42 Å². The largest absolute Gasteiger partial charge is 0.505 e. The highest BCUT2D eigenvalue weighted by molar-refractivity contribution is 5.94. The second kappa shape index (κ2) is 6.70. The predicted octanol–water partition coefficient (Wildman–Crippen LogP) is 2.71. The molecular weight excluding hydrogens is 252 g/mol. The Morgan fingerprint density at radius 3 is 2.70 bits per heavy atom. The first-order valence-electron chi connectivity index (χ1n) is 6.65. The molecule has 1 atom stereocenters. The molecule has 104 valence electrons. The molecule has 2 rings (SSSR count). The number of aromatic hydroxyl groups is 1. The molecule has 4 nitrogen and oxygen atoms in total. The summed E-state index contributed by atoms with van der Waals surface area (Å²) in [6.07, 6.45) is 2.32. The van der Waals surface area contributed by atoms with Crippen LogP contribution in [0.5, 0.6) is 5.75 Å². The van der Waals surface area contributed by atoms with Gasteiger partial charge in [0, 0.05) is 12.7 Å². The highest BCUT2D eigenvalue weighted by atomic mass is 16.3. The Kier molecular flexibility index (Phi) is 4.71. The lowest BCUT2D eigenvalue weighted by Crippen LogP contribution is -2.26. The van der Waals surface area contributed by atoms with E-state index in [0.29, 0.717) is 12.5 Å². The summed E-state index contributed by atoms with van der Waals surface area (Å²) in [6.45, 7) is 2.67. The van der Waals surface area contributed by atoms with Crippen LogP contribution in [0.2, 0.25) is 0 Å². The maximum absolute atomic E-state index is 11.8. The molecule has 0 saturated heterocycles. The fourth-order valence-electron chi connectivity index (χ4n) is 2.01. The molecule has 0 aliphatic rings. The first-order valence-corrected chi connectivity index (χ1v) is 6.65. The molecule has 0 aliphatic heterocycles. The van der Waals surface area contributed by atoms with Crippen LogP contribution in [0.4, 0.5) is 0 Å². The fourth-order valence-corrected chi connectivity index (χ4v) is 2.01. The zero-order valence-corrected chi connectivity index (χ0v) is 11.4. The summed E-state index contributed by atoms with van der Waals surface area (Å²) in [5.41, 5.74) is 1.32. The van der Waals surface area contributed by atoms with Crippen LogP contribution in [0, 0.1) is 0 Å². The number of carbonyl (C=O) groups is 1. The quantitative estimate of drug-likeness (QED) is 0.878. The zero-order valence-electron chi connectivity index (χ0n) is 11.4. The lowest BCUT2D eigenvalue weighted by Gasteiger charge is -2.12. The number of hydrogen-bond donors (Lipinski definition) is 2. The van der Waals surface area contributed by atoms with Gasteiger partial charge in [-0.1, -0.05) is 37.3 Å². The lowest BCUT2D eigenvalue weighted by atomic mass is 9.98. The Bertz CT molecular complexity index is 570. The van der Waals surface area contributed by atoms with Crippen LogP contribution in [0.25, 0.3) is 0 Å². The Morgan fingerprint density at radius 1 is 1.25 bits per heavy atom. The van der Waals surface area contributed by atoms with Gasteiger partial charge in [0.05, 0.1) is 0 Å². The van der Waals surface area contributed by atoms with Crippen molar-refractivity contribution < 1.29 is 9.90 Å². The van der Waals surface area contributed by atoms with Gasteiger partial charge in [-0.2, -0.15) is 0 Å². The Labute approximate surface area is 118 Å². The van der Waals surface area contributed by atoms with Gasteiger partial charge in [-0.05, 0) is 30.0 Å². The molecule has 4 heteroatoms. The molecule has 1 heterocycles. The van der Waals surface area contributed by atoms with E-state index in [4.69, 9.17) is 0 Å². The first kappa shape index (κ1) is 14.1. The number of carbonyl (C=O) groups excluding carboxylic acids is 1. The summed E-state index contributed by atoms with van der Waals surface area (Å²) < 4.78 is 0. The number of nitrogens with zero attached hydrogens (tertiary/aromatic N) is 1. The SMILES string of the molecule is CC(CCNC(=O)c1ncccc1O)c1ccccc1. The molecule has 1 unspecified atom stereocenters. The lowest BCUT2D eigenvalue weighted by molar-refractivity contribution is 0.0944. The minimum absolute atomic E-state index is 0.0693. The third-order valence-corrected chi connectivity index (χ3v) is 3.23. The van der Waals surface area contributed by atoms with Crippen LogP contribution < -0.4 is 5.32 Å². The van der Waals surface area contributed by atoms with Crippen LogP contribution in [-0.4, -0.2) is 22.5 Å². The molecule has 0 saturated carbocycles. The normalized spacial score (nSPS) is 11.8. The van der Waals surface area contributed by atoms with Crippen molar-refractivity contribution in [2.24, 2.45) is 0 Å². The van der Waals surface area contributed by atoms with E-state index in [9.17, 15) is 9.90 Å². The van der Waals surface area contributed by atoms with E-state index in [1.165, 1.54) is 17.8 Å². The van der Waals surface area contributed by atoms with E-state index in [-0.39, 0.29) is 17.4 Å². The number of amides is 1. The van der Waals surface area contributed by atoms with Gasteiger partial charge in [0.2, 0.25) is 0 Å². The summed E-state index contributed by atoms with van der Waals surface area (Å²) in [5, 5.41) is 12.3. The molecule has 0 aliphatic carbocycles. The standard InChI is InChI=1S/C16H18N2O2/c1-12(13-6-3-2-4-7-13)9-11-18-16(20)15-14(19)8-5-10-17-15/h2-8,10,12,19H,9,11H2,1H3,(H,18,20). The smallest absolute Gasteiger partial charge is 0.273 e. The minimum atomic E-state index is -0.344. The number of hydrogen-bond acceptors (Lipinski definition) is 3. The van der Waals surface area contributed by atoms with Crippen LogP contribution in [0.1, 0.15) is 35.3 Å². The highest BCUT2D eigenvalue weighted by Crippen LogP contribution is 2.18. The molecule has 1 aromatic carbocycles. The van der Waals surface area contributed by atoms with Gasteiger partial charge < -0.3 is 10.4 Å². The van der Waals surface area contributed by atoms with Crippen LogP contribution in [0.15, 0.2) is 48.7 Å². The maximum atomic E-state index is 11.8. The second-order valence-electron chi connectivity index (χ2n) is 4.73. The van der Waals surface area contributed by atoms with Gasteiger partial charge in [-0.25, -0.2) is 4.98 Å². The van der Waals surface area contributed by atoms with Crippen molar-refractivity contribution in [3.05, 3.63) is 59.9 Å². The van der Waals surface area contributed by atoms with Crippen molar-refractivity contribution in [3.63, 3.8) is 0 Å². The number of rotatable bonds is 5. The molecule has 1 aromatic heterocycles. The topological polar surface area (TPSA) is 62.2 Å². The average Bonchev–Trinajstić information content (AvgIpc) is 2.48. The van der Waals surface area contributed by atoms with Gasteiger partial charge in [-0.15, -0.1) is 0 Å². The number of nitrogens with one attached hydrogen (secondary N) is 1. The number of pyridine rings is 1. The zero-order chi connectivity index (χ0) is 14.4. The molecule has 2 N–H and O–H groups in total. The summed E-state index contributed by atoms with van der Waals surface area (Å²) in [7, 11) is 0.